The molecule has 0 unspecified atom stereocenters. The van der Waals surface area contributed by atoms with Crippen molar-refractivity contribution in [3.63, 3.8) is 0 Å². The van der Waals surface area contributed by atoms with E-state index in [-0.39, 0.29) is 0 Å². The fraction of sp³-hybridized carbons (Fsp3) is 0.556. The number of amidine groups is 1. The molecular formula is C9H16N2S. The van der Waals surface area contributed by atoms with E-state index in [1.54, 1.807) is 18.8 Å². The maximum absolute atomic E-state index is 4.07. The lowest BCUT2D eigenvalue weighted by molar-refractivity contribution is 1.22. The molecule has 1 aliphatic rings. The fourth-order valence-corrected chi connectivity index (χ4v) is 1.52. The summed E-state index contributed by atoms with van der Waals surface area (Å²) in [6, 6.07) is 0. The molecule has 0 amide bonds. The van der Waals surface area contributed by atoms with E-state index in [9.17, 15) is 0 Å². The highest BCUT2D eigenvalue weighted by Gasteiger charge is 2.08. The van der Waals surface area contributed by atoms with Gasteiger partial charge < -0.3 is 0 Å². The van der Waals surface area contributed by atoms with Gasteiger partial charge >= 0.3 is 0 Å². The van der Waals surface area contributed by atoms with Crippen LogP contribution in [0.15, 0.2) is 21.0 Å². The first kappa shape index (κ1) is 11.4. The van der Waals surface area contributed by atoms with Gasteiger partial charge in [-0.05, 0) is 6.42 Å². The molecule has 0 spiro atoms. The Kier molecular flexibility index (Phi) is 6.76. The standard InChI is InChI=1S/C7H10N2S.C2H6/c1-3-4-6-7(8-2)9-5-10-6;1-2/h4-5H,3H2,1-2H3;1-2H3/b6-4+,8-7?;. The normalized spacial score (nSPS) is 21.3. The van der Waals surface area contributed by atoms with Gasteiger partial charge in [-0.2, -0.15) is 0 Å². The number of allylic oxidation sites excluding steroid dienone is 1. The molecule has 1 heterocycles. The summed E-state index contributed by atoms with van der Waals surface area (Å²) in [4.78, 5) is 9.28. The summed E-state index contributed by atoms with van der Waals surface area (Å²) in [5, 5.41) is 0. The van der Waals surface area contributed by atoms with Crippen molar-refractivity contribution in [2.75, 3.05) is 7.05 Å². The highest BCUT2D eigenvalue weighted by atomic mass is 32.2. The Morgan fingerprint density at radius 3 is 2.75 bits per heavy atom. The molecule has 68 valence electrons. The average Bonchev–Trinajstić information content (AvgIpc) is 2.56. The Balaban J connectivity index is 0.000000561. The van der Waals surface area contributed by atoms with Crippen LogP contribution in [0.25, 0.3) is 0 Å². The third-order valence-electron chi connectivity index (χ3n) is 1.18. The zero-order valence-electron chi connectivity index (χ0n) is 8.16. The van der Waals surface area contributed by atoms with Gasteiger partial charge in [-0.25, -0.2) is 4.99 Å². The molecule has 2 nitrogen and oxygen atoms in total. The lowest BCUT2D eigenvalue weighted by Gasteiger charge is -1.92. The maximum atomic E-state index is 4.07. The molecule has 0 fully saturated rings. The topological polar surface area (TPSA) is 24.7 Å². The first-order chi connectivity index (χ1) is 5.88. The molecule has 1 aliphatic heterocycles. The molecule has 1 rings (SSSR count). The zero-order chi connectivity index (χ0) is 9.40. The van der Waals surface area contributed by atoms with Crippen LogP contribution in [0.4, 0.5) is 0 Å². The van der Waals surface area contributed by atoms with Crippen molar-refractivity contribution in [2.45, 2.75) is 27.2 Å². The lowest BCUT2D eigenvalue weighted by atomic mass is 10.4. The summed E-state index contributed by atoms with van der Waals surface area (Å²) >= 11 is 1.64. The van der Waals surface area contributed by atoms with Gasteiger partial charge in [0.25, 0.3) is 0 Å². The Labute approximate surface area is 78.9 Å². The Morgan fingerprint density at radius 2 is 2.25 bits per heavy atom. The van der Waals surface area contributed by atoms with Crippen LogP contribution in [0.5, 0.6) is 0 Å². The predicted octanol–water partition coefficient (Wildman–Crippen LogP) is 3.11. The van der Waals surface area contributed by atoms with Gasteiger partial charge in [-0.1, -0.05) is 38.6 Å². The average molecular weight is 184 g/mol. The third-order valence-corrected chi connectivity index (χ3v) is 1.99. The molecule has 0 bridgehead atoms. The minimum atomic E-state index is 0.867. The maximum Gasteiger partial charge on any atom is 0.161 e. The van der Waals surface area contributed by atoms with Gasteiger partial charge in [0.1, 0.15) is 0 Å². The molecule has 12 heavy (non-hydrogen) atoms. The highest BCUT2D eigenvalue weighted by Crippen LogP contribution is 2.21. The molecule has 0 aromatic rings. The smallest absolute Gasteiger partial charge is 0.161 e. The van der Waals surface area contributed by atoms with E-state index >= 15 is 0 Å². The van der Waals surface area contributed by atoms with Gasteiger partial charge in [-0.3, -0.25) is 4.99 Å². The molecule has 0 saturated carbocycles. The number of thioether (sulfide) groups is 1. The van der Waals surface area contributed by atoms with Crippen LogP contribution >= 0.6 is 11.8 Å². The largest absolute Gasteiger partial charge is 0.269 e. The zero-order valence-corrected chi connectivity index (χ0v) is 8.98. The Hall–Kier alpha value is -0.570. The second-order valence-corrected chi connectivity index (χ2v) is 2.76. The number of aliphatic imine (C=N–C) groups is 2. The summed E-state index contributed by atoms with van der Waals surface area (Å²) in [7, 11) is 1.77. The quantitative estimate of drug-likeness (QED) is 0.614. The third kappa shape index (κ3) is 3.22. The van der Waals surface area contributed by atoms with Gasteiger partial charge in [0.15, 0.2) is 5.84 Å². The van der Waals surface area contributed by atoms with Crippen molar-refractivity contribution in [1.82, 2.24) is 0 Å². The van der Waals surface area contributed by atoms with Gasteiger partial charge in [-0.15, -0.1) is 0 Å². The number of hydrogen-bond donors (Lipinski definition) is 0. The van der Waals surface area contributed by atoms with E-state index in [4.69, 9.17) is 0 Å². The van der Waals surface area contributed by atoms with Crippen molar-refractivity contribution in [1.29, 1.82) is 0 Å². The molecular weight excluding hydrogens is 168 g/mol. The van der Waals surface area contributed by atoms with Crippen LogP contribution in [0, 0.1) is 0 Å². The van der Waals surface area contributed by atoms with E-state index in [2.05, 4.69) is 23.0 Å². The summed E-state index contributed by atoms with van der Waals surface area (Å²) in [6.45, 7) is 6.11. The molecule has 0 aromatic heterocycles. The minimum Gasteiger partial charge on any atom is -0.269 e. The van der Waals surface area contributed by atoms with Gasteiger partial charge in [0, 0.05) is 7.05 Å². The summed E-state index contributed by atoms with van der Waals surface area (Å²) < 4.78 is 0. The van der Waals surface area contributed by atoms with E-state index in [0.29, 0.717) is 0 Å². The monoisotopic (exact) mass is 184 g/mol. The number of rotatable bonds is 1. The van der Waals surface area contributed by atoms with Crippen LogP contribution in [0.1, 0.15) is 27.2 Å². The van der Waals surface area contributed by atoms with E-state index in [1.807, 2.05) is 19.4 Å². The Bertz CT molecular complexity index is 205. The molecule has 0 saturated heterocycles. The summed E-state index contributed by atoms with van der Waals surface area (Å²) in [5.41, 5.74) is 1.82. The summed E-state index contributed by atoms with van der Waals surface area (Å²) in [5.74, 6) is 0.867. The van der Waals surface area contributed by atoms with Crippen LogP contribution in [-0.2, 0) is 0 Å². The molecule has 0 aromatic carbocycles. The lowest BCUT2D eigenvalue weighted by Crippen LogP contribution is -1.88. The van der Waals surface area contributed by atoms with Crippen LogP contribution in [0.3, 0.4) is 0 Å². The molecule has 0 N–H and O–H groups in total. The van der Waals surface area contributed by atoms with Crippen molar-refractivity contribution < 1.29 is 0 Å². The second-order valence-electron chi connectivity index (χ2n) is 1.88. The number of hydrogen-bond acceptors (Lipinski definition) is 2. The molecule has 0 atom stereocenters. The highest BCUT2D eigenvalue weighted by molar-refractivity contribution is 8.16. The summed E-state index contributed by atoms with van der Waals surface area (Å²) in [6.07, 6.45) is 3.19. The second kappa shape index (κ2) is 7.10. The molecule has 3 heteroatoms. The minimum absolute atomic E-state index is 0.867. The van der Waals surface area contributed by atoms with Crippen LogP contribution in [-0.4, -0.2) is 18.4 Å². The van der Waals surface area contributed by atoms with Crippen molar-refractivity contribution in [3.8, 4) is 0 Å². The van der Waals surface area contributed by atoms with Gasteiger partial charge in [0.05, 0.1) is 10.5 Å². The van der Waals surface area contributed by atoms with Crippen molar-refractivity contribution >= 4 is 23.1 Å². The predicted molar refractivity (Wildman–Crippen MR) is 59.2 cm³/mol. The van der Waals surface area contributed by atoms with Crippen LogP contribution < -0.4 is 0 Å². The van der Waals surface area contributed by atoms with E-state index in [0.717, 1.165) is 12.3 Å². The van der Waals surface area contributed by atoms with Crippen LogP contribution in [0.2, 0.25) is 0 Å². The van der Waals surface area contributed by atoms with Crippen molar-refractivity contribution in [3.05, 3.63) is 11.0 Å². The molecule has 0 radical (unpaired) electrons. The SMILES string of the molecule is CC.CC/C=C1/SC=NC1=NC. The first-order valence-corrected chi connectivity index (χ1v) is 5.13. The van der Waals surface area contributed by atoms with E-state index in [1.165, 1.54) is 4.91 Å². The Morgan fingerprint density at radius 1 is 1.58 bits per heavy atom. The fourth-order valence-electron chi connectivity index (χ4n) is 0.742. The molecule has 0 aliphatic carbocycles. The van der Waals surface area contributed by atoms with E-state index < -0.39 is 0 Å². The van der Waals surface area contributed by atoms with Gasteiger partial charge in [0.2, 0.25) is 0 Å². The van der Waals surface area contributed by atoms with Crippen molar-refractivity contribution in [2.24, 2.45) is 9.98 Å². The first-order valence-electron chi connectivity index (χ1n) is 4.25. The number of nitrogens with zero attached hydrogens (tertiary/aromatic N) is 2.